The van der Waals surface area contributed by atoms with Crippen molar-refractivity contribution in [3.63, 3.8) is 0 Å². The van der Waals surface area contributed by atoms with E-state index in [4.69, 9.17) is 14.5 Å². The maximum atomic E-state index is 10.0. The third-order valence-electron chi connectivity index (χ3n) is 7.56. The Morgan fingerprint density at radius 1 is 0.886 bits per heavy atom. The quantitative estimate of drug-likeness (QED) is 0.0820. The zero-order valence-electron chi connectivity index (χ0n) is 26.3. The standard InChI is InChI=1S/C33H30NOSi.C5H8O2.Ir/c1-21(2)29-19-25(18-24-8-6-7-9-27(24)29)33-32-28-15-12-23(20-31(28)35-30(32)16-17-34-33)22-10-13-26(14-11-22)36(3,4)5;1-4(6)3-5(2)7;/h6-17,19-21H,1-5H3;3,6H,1-2H3;/q-1;;/b;4-3-;. The molecule has 0 aliphatic carbocycles. The molecule has 1 radical (unpaired) electrons. The number of allylic oxidation sites excluding steroid dienone is 2. The molecule has 6 aromatic rings. The number of fused-ring (bicyclic) bond motifs is 4. The van der Waals surface area contributed by atoms with Gasteiger partial charge < -0.3 is 9.52 Å². The number of benzene rings is 4. The molecule has 4 aromatic carbocycles. The predicted molar refractivity (Wildman–Crippen MR) is 183 cm³/mol. The van der Waals surface area contributed by atoms with Gasteiger partial charge in [-0.1, -0.05) is 104 Å². The Balaban J connectivity index is 0.000000497. The van der Waals surface area contributed by atoms with E-state index in [0.717, 1.165) is 44.1 Å². The first-order chi connectivity index (χ1) is 20.4. The summed E-state index contributed by atoms with van der Waals surface area (Å²) in [5.41, 5.74) is 7.36. The Morgan fingerprint density at radius 2 is 1.57 bits per heavy atom. The number of nitrogens with zero attached hydrogens (tertiary/aromatic N) is 1. The number of aromatic nitrogens is 1. The SMILES string of the molecule is CC(=O)/C=C(/C)O.CC(C)c1cc(-c2nccc3oc4cc(-c5ccc([Si](C)(C)C)cc5)ccc4c23)[c-]c2ccccc12.[Ir]. The Labute approximate surface area is 274 Å². The van der Waals surface area contributed by atoms with Gasteiger partial charge in [0, 0.05) is 48.8 Å². The fraction of sp³-hybridized carbons (Fsp3) is 0.211. The number of carbonyl (C=O) groups is 1. The number of ketones is 1. The molecule has 227 valence electrons. The van der Waals surface area contributed by atoms with Crippen molar-refractivity contribution in [1.82, 2.24) is 4.98 Å². The summed E-state index contributed by atoms with van der Waals surface area (Å²) in [7, 11) is -1.32. The van der Waals surface area contributed by atoms with Gasteiger partial charge in [-0.3, -0.25) is 9.78 Å². The number of carbonyl (C=O) groups excluding carboxylic acids is 1. The van der Waals surface area contributed by atoms with E-state index in [1.165, 1.54) is 41.6 Å². The van der Waals surface area contributed by atoms with Crippen molar-refractivity contribution >= 4 is 51.8 Å². The number of aliphatic hydroxyl groups is 1. The van der Waals surface area contributed by atoms with Crippen molar-refractivity contribution in [2.24, 2.45) is 0 Å². The number of pyridine rings is 1. The summed E-state index contributed by atoms with van der Waals surface area (Å²) >= 11 is 0. The monoisotopic (exact) mass is 777 g/mol. The zero-order valence-corrected chi connectivity index (χ0v) is 29.7. The first-order valence-corrected chi connectivity index (χ1v) is 18.2. The van der Waals surface area contributed by atoms with Gasteiger partial charge in [0.2, 0.25) is 0 Å². The second-order valence-electron chi connectivity index (χ2n) is 12.4. The molecule has 6 heteroatoms. The molecule has 0 amide bonds. The molecule has 2 aromatic heterocycles. The largest absolute Gasteiger partial charge is 0.512 e. The van der Waals surface area contributed by atoms with Crippen LogP contribution in [0.5, 0.6) is 0 Å². The van der Waals surface area contributed by atoms with E-state index in [1.54, 1.807) is 0 Å². The van der Waals surface area contributed by atoms with Crippen LogP contribution in [0.1, 0.15) is 39.2 Å². The average Bonchev–Trinajstić information content (AvgIpc) is 3.34. The van der Waals surface area contributed by atoms with E-state index in [-0.39, 0.29) is 31.6 Å². The average molecular weight is 777 g/mol. The van der Waals surface area contributed by atoms with E-state index in [1.807, 2.05) is 12.3 Å². The molecule has 0 saturated heterocycles. The Morgan fingerprint density at radius 3 is 2.18 bits per heavy atom. The topological polar surface area (TPSA) is 63.3 Å². The van der Waals surface area contributed by atoms with Crippen molar-refractivity contribution < 1.29 is 34.4 Å². The maximum absolute atomic E-state index is 10.0. The molecule has 1 N–H and O–H groups in total. The Kier molecular flexibility index (Phi) is 10.1. The van der Waals surface area contributed by atoms with Crippen molar-refractivity contribution in [2.75, 3.05) is 0 Å². The minimum Gasteiger partial charge on any atom is -0.512 e. The van der Waals surface area contributed by atoms with Crippen LogP contribution in [-0.2, 0) is 24.9 Å². The van der Waals surface area contributed by atoms with E-state index in [2.05, 4.69) is 112 Å². The summed E-state index contributed by atoms with van der Waals surface area (Å²) in [6, 6.07) is 31.9. The van der Waals surface area contributed by atoms with Crippen molar-refractivity contribution in [2.45, 2.75) is 53.3 Å². The minimum atomic E-state index is -1.32. The Hall–Kier alpha value is -3.83. The van der Waals surface area contributed by atoms with Gasteiger partial charge >= 0.3 is 0 Å². The summed E-state index contributed by atoms with van der Waals surface area (Å²) in [5, 5.41) is 14.3. The number of rotatable bonds is 5. The van der Waals surface area contributed by atoms with Gasteiger partial charge in [-0.25, -0.2) is 0 Å². The summed E-state index contributed by atoms with van der Waals surface area (Å²) < 4.78 is 6.37. The predicted octanol–water partition coefficient (Wildman–Crippen LogP) is 9.97. The zero-order chi connectivity index (χ0) is 30.9. The minimum absolute atomic E-state index is 0. The van der Waals surface area contributed by atoms with Gasteiger partial charge in [-0.15, -0.1) is 29.1 Å². The van der Waals surface area contributed by atoms with Crippen LogP contribution in [-0.4, -0.2) is 23.9 Å². The maximum Gasteiger partial charge on any atom is 0.155 e. The molecule has 0 atom stereocenters. The van der Waals surface area contributed by atoms with Gasteiger partial charge in [-0.2, -0.15) is 0 Å². The van der Waals surface area contributed by atoms with E-state index in [9.17, 15) is 4.79 Å². The van der Waals surface area contributed by atoms with Crippen molar-refractivity contribution in [3.8, 4) is 22.4 Å². The van der Waals surface area contributed by atoms with Crippen LogP contribution in [0.25, 0.3) is 55.1 Å². The van der Waals surface area contributed by atoms with E-state index in [0.29, 0.717) is 5.92 Å². The third-order valence-corrected chi connectivity index (χ3v) is 9.63. The number of furan rings is 1. The molecule has 0 spiro atoms. The van der Waals surface area contributed by atoms with Gasteiger partial charge in [0.05, 0.1) is 13.8 Å². The molecule has 6 rings (SSSR count). The molecular weight excluding hydrogens is 739 g/mol. The molecule has 4 nitrogen and oxygen atoms in total. The second kappa shape index (κ2) is 13.4. The van der Waals surface area contributed by atoms with Gasteiger partial charge in [0.1, 0.15) is 11.2 Å². The first-order valence-electron chi connectivity index (χ1n) is 14.7. The molecule has 0 fully saturated rings. The molecular formula is C38H38IrNO3Si-. The Bertz CT molecular complexity index is 1980. The van der Waals surface area contributed by atoms with Crippen molar-refractivity contribution in [3.05, 3.63) is 109 Å². The number of hydrogen-bond acceptors (Lipinski definition) is 4. The number of hydrogen-bond donors (Lipinski definition) is 1. The molecule has 0 unspecified atom stereocenters. The van der Waals surface area contributed by atoms with Crippen LogP contribution in [0.3, 0.4) is 0 Å². The second-order valence-corrected chi connectivity index (χ2v) is 17.5. The smallest absolute Gasteiger partial charge is 0.155 e. The van der Waals surface area contributed by atoms with Crippen LogP contribution in [0, 0.1) is 6.07 Å². The summed E-state index contributed by atoms with van der Waals surface area (Å²) in [5.74, 6) is 0.339. The normalized spacial score (nSPS) is 11.9. The van der Waals surface area contributed by atoms with Crippen LogP contribution >= 0.6 is 0 Å². The molecule has 2 heterocycles. The van der Waals surface area contributed by atoms with Crippen LogP contribution in [0.15, 0.2) is 101 Å². The molecule has 0 aliphatic heterocycles. The summed E-state index contributed by atoms with van der Waals surface area (Å²) in [6.45, 7) is 14.5. The third kappa shape index (κ3) is 7.10. The van der Waals surface area contributed by atoms with Crippen molar-refractivity contribution in [1.29, 1.82) is 0 Å². The molecule has 44 heavy (non-hydrogen) atoms. The first kappa shape index (κ1) is 33.1. The molecule has 0 bridgehead atoms. The van der Waals surface area contributed by atoms with Crippen LogP contribution < -0.4 is 5.19 Å². The van der Waals surface area contributed by atoms with E-state index < -0.39 is 8.07 Å². The summed E-state index contributed by atoms with van der Waals surface area (Å²) in [6.07, 6.45) is 3.01. The fourth-order valence-electron chi connectivity index (χ4n) is 5.43. The fourth-order valence-corrected chi connectivity index (χ4v) is 6.59. The van der Waals surface area contributed by atoms with E-state index >= 15 is 0 Å². The van der Waals surface area contributed by atoms with Gasteiger partial charge in [0.25, 0.3) is 0 Å². The molecule has 0 saturated carbocycles. The molecule has 0 aliphatic rings. The number of aliphatic hydroxyl groups excluding tert-OH is 1. The van der Waals surface area contributed by atoms with Gasteiger partial charge in [-0.05, 0) is 43.0 Å². The van der Waals surface area contributed by atoms with Crippen LogP contribution in [0.4, 0.5) is 0 Å². The summed E-state index contributed by atoms with van der Waals surface area (Å²) in [4.78, 5) is 14.9. The van der Waals surface area contributed by atoms with Crippen LogP contribution in [0.2, 0.25) is 19.6 Å². The van der Waals surface area contributed by atoms with Gasteiger partial charge in [0.15, 0.2) is 5.78 Å².